The topological polar surface area (TPSA) is 76.5 Å². The second kappa shape index (κ2) is 9.87. The first kappa shape index (κ1) is 20.6. The summed E-state index contributed by atoms with van der Waals surface area (Å²) >= 11 is 0. The molecule has 1 aliphatic heterocycles. The van der Waals surface area contributed by atoms with Crippen molar-refractivity contribution in [2.75, 3.05) is 26.7 Å². The van der Waals surface area contributed by atoms with Crippen LogP contribution in [0.3, 0.4) is 0 Å². The summed E-state index contributed by atoms with van der Waals surface area (Å²) in [4.78, 5) is 26.5. The second-order valence-corrected chi connectivity index (χ2v) is 7.67. The standard InChI is InChI=1S/C21H32N4O3/c1-3-12-25-18-9-8-16(22-11-10-19(26)28-2)15-17(18)20(23-25)21(27)24-13-6-4-5-7-14-24/h3,16,22H,1,4-15H2,2H3. The SMILES string of the molecule is C=CCn1nc(C(=O)N2CCCCCC2)c2c1CCC(NCCC(=O)OC)C2. The highest BCUT2D eigenvalue weighted by atomic mass is 16.5. The number of hydrogen-bond donors (Lipinski definition) is 1. The van der Waals surface area contributed by atoms with Crippen LogP contribution in [-0.2, 0) is 28.9 Å². The van der Waals surface area contributed by atoms with Gasteiger partial charge in [0.05, 0.1) is 20.1 Å². The van der Waals surface area contributed by atoms with Gasteiger partial charge in [-0.25, -0.2) is 0 Å². The van der Waals surface area contributed by atoms with Crippen molar-refractivity contribution < 1.29 is 14.3 Å². The van der Waals surface area contributed by atoms with Gasteiger partial charge in [-0.05, 0) is 32.1 Å². The van der Waals surface area contributed by atoms with Crippen molar-refractivity contribution in [3.8, 4) is 0 Å². The summed E-state index contributed by atoms with van der Waals surface area (Å²) in [5.74, 6) is -0.143. The van der Waals surface area contributed by atoms with E-state index in [9.17, 15) is 9.59 Å². The number of esters is 1. The number of aromatic nitrogens is 2. The Morgan fingerprint density at radius 1 is 1.29 bits per heavy atom. The summed E-state index contributed by atoms with van der Waals surface area (Å²) < 4.78 is 6.64. The lowest BCUT2D eigenvalue weighted by Gasteiger charge is -2.25. The lowest BCUT2D eigenvalue weighted by molar-refractivity contribution is -0.140. The number of fused-ring (bicyclic) bond motifs is 1. The van der Waals surface area contributed by atoms with Gasteiger partial charge >= 0.3 is 5.97 Å². The van der Waals surface area contributed by atoms with Crippen LogP contribution >= 0.6 is 0 Å². The number of carbonyl (C=O) groups is 2. The zero-order valence-corrected chi connectivity index (χ0v) is 16.9. The van der Waals surface area contributed by atoms with Crippen LogP contribution in [0, 0.1) is 0 Å². The van der Waals surface area contributed by atoms with Crippen LogP contribution < -0.4 is 5.32 Å². The van der Waals surface area contributed by atoms with Crippen LogP contribution in [0.2, 0.25) is 0 Å². The highest BCUT2D eigenvalue weighted by molar-refractivity contribution is 5.94. The van der Waals surface area contributed by atoms with Gasteiger partial charge in [-0.3, -0.25) is 14.3 Å². The van der Waals surface area contributed by atoms with Crippen LogP contribution in [0.5, 0.6) is 0 Å². The van der Waals surface area contributed by atoms with E-state index in [1.165, 1.54) is 20.0 Å². The minimum atomic E-state index is -0.208. The summed E-state index contributed by atoms with van der Waals surface area (Å²) in [6.45, 7) is 6.68. The van der Waals surface area contributed by atoms with Crippen molar-refractivity contribution in [1.82, 2.24) is 20.0 Å². The van der Waals surface area contributed by atoms with Gasteiger partial charge in [-0.1, -0.05) is 18.9 Å². The highest BCUT2D eigenvalue weighted by Gasteiger charge is 2.31. The van der Waals surface area contributed by atoms with E-state index in [1.807, 2.05) is 15.7 Å². The molecule has 1 unspecified atom stereocenters. The van der Waals surface area contributed by atoms with E-state index >= 15 is 0 Å². The minimum Gasteiger partial charge on any atom is -0.469 e. The number of hydrogen-bond acceptors (Lipinski definition) is 5. The van der Waals surface area contributed by atoms with Gasteiger partial charge in [0.1, 0.15) is 0 Å². The average molecular weight is 389 g/mol. The molecule has 1 fully saturated rings. The molecule has 2 heterocycles. The van der Waals surface area contributed by atoms with Crippen LogP contribution in [0.4, 0.5) is 0 Å². The Kier molecular flexibility index (Phi) is 7.25. The summed E-state index contributed by atoms with van der Waals surface area (Å²) in [7, 11) is 1.41. The van der Waals surface area contributed by atoms with Crippen molar-refractivity contribution in [2.24, 2.45) is 0 Å². The molecule has 0 saturated carbocycles. The number of carbonyl (C=O) groups excluding carboxylic acids is 2. The predicted octanol–water partition coefficient (Wildman–Crippen LogP) is 2.10. The average Bonchev–Trinajstić information content (AvgIpc) is 2.87. The van der Waals surface area contributed by atoms with Gasteiger partial charge in [0.2, 0.25) is 0 Å². The van der Waals surface area contributed by atoms with E-state index in [0.717, 1.165) is 56.5 Å². The molecule has 7 heteroatoms. The van der Waals surface area contributed by atoms with Crippen molar-refractivity contribution in [1.29, 1.82) is 0 Å². The lowest BCUT2D eigenvalue weighted by atomic mass is 9.91. The van der Waals surface area contributed by atoms with Crippen molar-refractivity contribution in [2.45, 2.75) is 64.0 Å². The molecule has 1 amide bonds. The Balaban J connectivity index is 1.75. The molecule has 1 aromatic heterocycles. The van der Waals surface area contributed by atoms with E-state index in [0.29, 0.717) is 25.2 Å². The number of allylic oxidation sites excluding steroid dienone is 1. The second-order valence-electron chi connectivity index (χ2n) is 7.67. The quantitative estimate of drug-likeness (QED) is 0.572. The fourth-order valence-electron chi connectivity index (χ4n) is 4.21. The highest BCUT2D eigenvalue weighted by Crippen LogP contribution is 2.27. The molecular formula is C21H32N4O3. The van der Waals surface area contributed by atoms with Gasteiger partial charge in [-0.2, -0.15) is 5.10 Å². The molecule has 2 aliphatic rings. The molecule has 1 atom stereocenters. The maximum Gasteiger partial charge on any atom is 0.306 e. The van der Waals surface area contributed by atoms with Crippen LogP contribution in [-0.4, -0.2) is 59.3 Å². The number of likely N-dealkylation sites (tertiary alicyclic amines) is 1. The Labute approximate surface area is 167 Å². The minimum absolute atomic E-state index is 0.0659. The van der Waals surface area contributed by atoms with Crippen LogP contribution in [0.25, 0.3) is 0 Å². The summed E-state index contributed by atoms with van der Waals surface area (Å²) in [6.07, 6.45) is 9.32. The normalized spacial score (nSPS) is 19.6. The molecule has 0 spiro atoms. The van der Waals surface area contributed by atoms with E-state index in [1.54, 1.807) is 0 Å². The number of ether oxygens (including phenoxy) is 1. The van der Waals surface area contributed by atoms with Crippen molar-refractivity contribution in [3.05, 3.63) is 29.6 Å². The van der Waals surface area contributed by atoms with Gasteiger partial charge < -0.3 is 15.0 Å². The van der Waals surface area contributed by atoms with Crippen molar-refractivity contribution in [3.63, 3.8) is 0 Å². The number of rotatable bonds is 7. The third-order valence-corrected chi connectivity index (χ3v) is 5.73. The number of nitrogens with one attached hydrogen (secondary N) is 1. The molecular weight excluding hydrogens is 356 g/mol. The molecule has 1 N–H and O–H groups in total. The lowest BCUT2D eigenvalue weighted by Crippen LogP contribution is -2.37. The van der Waals surface area contributed by atoms with E-state index in [2.05, 4.69) is 11.9 Å². The molecule has 3 rings (SSSR count). The monoisotopic (exact) mass is 388 g/mol. The molecule has 1 aromatic rings. The van der Waals surface area contributed by atoms with Gasteiger partial charge in [0, 0.05) is 36.9 Å². The molecule has 0 aromatic carbocycles. The fraction of sp³-hybridized carbons (Fsp3) is 0.667. The third kappa shape index (κ3) is 4.82. The molecule has 7 nitrogen and oxygen atoms in total. The molecule has 0 radical (unpaired) electrons. The Hall–Kier alpha value is -2.15. The summed E-state index contributed by atoms with van der Waals surface area (Å²) in [6, 6.07) is 0.245. The zero-order chi connectivity index (χ0) is 19.9. The molecule has 1 aliphatic carbocycles. The zero-order valence-electron chi connectivity index (χ0n) is 16.9. The number of methoxy groups -OCH3 is 1. The largest absolute Gasteiger partial charge is 0.469 e. The van der Waals surface area contributed by atoms with E-state index in [4.69, 9.17) is 9.84 Å². The van der Waals surface area contributed by atoms with Gasteiger partial charge in [0.15, 0.2) is 5.69 Å². The third-order valence-electron chi connectivity index (χ3n) is 5.73. The summed E-state index contributed by atoms with van der Waals surface area (Å²) in [5, 5.41) is 8.14. The maximum atomic E-state index is 13.2. The van der Waals surface area contributed by atoms with Gasteiger partial charge in [0.25, 0.3) is 5.91 Å². The van der Waals surface area contributed by atoms with Crippen LogP contribution in [0.1, 0.15) is 60.3 Å². The predicted molar refractivity (Wildman–Crippen MR) is 107 cm³/mol. The molecule has 154 valence electrons. The Bertz CT molecular complexity index is 705. The van der Waals surface area contributed by atoms with Crippen LogP contribution in [0.15, 0.2) is 12.7 Å². The Morgan fingerprint density at radius 3 is 2.71 bits per heavy atom. The fourth-order valence-corrected chi connectivity index (χ4v) is 4.21. The molecule has 28 heavy (non-hydrogen) atoms. The smallest absolute Gasteiger partial charge is 0.306 e. The molecule has 0 bridgehead atoms. The van der Waals surface area contributed by atoms with E-state index in [-0.39, 0.29) is 17.9 Å². The molecule has 1 saturated heterocycles. The number of amides is 1. The number of nitrogens with zero attached hydrogens (tertiary/aromatic N) is 3. The first-order chi connectivity index (χ1) is 13.6. The first-order valence-corrected chi connectivity index (χ1v) is 10.4. The summed E-state index contributed by atoms with van der Waals surface area (Å²) in [5.41, 5.74) is 2.83. The maximum absolute atomic E-state index is 13.2. The first-order valence-electron chi connectivity index (χ1n) is 10.4. The Morgan fingerprint density at radius 2 is 2.04 bits per heavy atom. The van der Waals surface area contributed by atoms with Gasteiger partial charge in [-0.15, -0.1) is 6.58 Å². The van der Waals surface area contributed by atoms with Crippen molar-refractivity contribution >= 4 is 11.9 Å². The van der Waals surface area contributed by atoms with E-state index < -0.39 is 0 Å².